The molecule has 0 amide bonds. The van der Waals surface area contributed by atoms with Gasteiger partial charge in [0.15, 0.2) is 0 Å². The first-order valence-corrected chi connectivity index (χ1v) is 3.75. The molecule has 0 unspecified atom stereocenters. The van der Waals surface area contributed by atoms with E-state index >= 15 is 0 Å². The van der Waals surface area contributed by atoms with Gasteiger partial charge in [-0.1, -0.05) is 26.2 Å². The van der Waals surface area contributed by atoms with Crippen LogP contribution in [-0.4, -0.2) is 24.0 Å². The fraction of sp³-hybridized carbons (Fsp3) is 1.00. The first-order chi connectivity index (χ1) is 4.77. The minimum atomic E-state index is -1.60. The molecule has 0 atom stereocenters. The fourth-order valence-corrected chi connectivity index (χ4v) is 0.718. The van der Waals surface area contributed by atoms with Crippen LogP contribution in [0.2, 0.25) is 0 Å². The Balaban J connectivity index is 0. The molecule has 0 spiro atoms. The van der Waals surface area contributed by atoms with Crippen LogP contribution in [0.15, 0.2) is 0 Å². The highest BCUT2D eigenvalue weighted by atomic mass is 16.6. The third kappa shape index (κ3) is 13.0. The van der Waals surface area contributed by atoms with E-state index < -0.39 is 7.32 Å². The van der Waals surface area contributed by atoms with E-state index in [1.54, 1.807) is 0 Å². The zero-order valence-electron chi connectivity index (χ0n) is 7.12. The van der Waals surface area contributed by atoms with Crippen LogP contribution < -0.4 is 6.15 Å². The van der Waals surface area contributed by atoms with Crippen LogP contribution in [0.5, 0.6) is 0 Å². The maximum Gasteiger partial charge on any atom is 0.633 e. The highest BCUT2D eigenvalue weighted by Crippen LogP contribution is 1.98. The number of hydrogen-bond acceptors (Lipinski definition) is 4. The molecule has 0 aliphatic carbocycles. The van der Waals surface area contributed by atoms with Gasteiger partial charge in [0.25, 0.3) is 0 Å². The summed E-state index contributed by atoms with van der Waals surface area (Å²) < 4.78 is 4.50. The summed E-state index contributed by atoms with van der Waals surface area (Å²) in [7, 11) is -1.60. The molecule has 5 N–H and O–H groups in total. The summed E-state index contributed by atoms with van der Waals surface area (Å²) in [6.45, 7) is 2.57. The quantitative estimate of drug-likeness (QED) is 0.397. The van der Waals surface area contributed by atoms with Crippen LogP contribution in [0.25, 0.3) is 0 Å². The van der Waals surface area contributed by atoms with Gasteiger partial charge in [0.1, 0.15) is 0 Å². The van der Waals surface area contributed by atoms with Crippen molar-refractivity contribution in [2.24, 2.45) is 0 Å². The van der Waals surface area contributed by atoms with Gasteiger partial charge < -0.3 is 20.9 Å². The van der Waals surface area contributed by atoms with Gasteiger partial charge in [-0.2, -0.15) is 0 Å². The second-order valence-electron chi connectivity index (χ2n) is 2.26. The van der Waals surface area contributed by atoms with Crippen LogP contribution in [-0.2, 0) is 4.65 Å². The third-order valence-electron chi connectivity index (χ3n) is 1.26. The van der Waals surface area contributed by atoms with Crippen LogP contribution in [0.3, 0.4) is 0 Å². The third-order valence-corrected chi connectivity index (χ3v) is 1.26. The first-order valence-electron chi connectivity index (χ1n) is 3.75. The molecule has 0 saturated carbocycles. The van der Waals surface area contributed by atoms with Gasteiger partial charge in [0.05, 0.1) is 0 Å². The summed E-state index contributed by atoms with van der Waals surface area (Å²) in [5.41, 5.74) is 0. The van der Waals surface area contributed by atoms with Crippen molar-refractivity contribution in [3.05, 3.63) is 0 Å². The second-order valence-corrected chi connectivity index (χ2v) is 2.26. The van der Waals surface area contributed by atoms with Gasteiger partial charge in [-0.3, -0.25) is 0 Å². The molecule has 0 aliphatic rings. The molecule has 0 aromatic rings. The van der Waals surface area contributed by atoms with Crippen molar-refractivity contribution in [2.45, 2.75) is 32.6 Å². The first kappa shape index (κ1) is 13.5. The average molecular weight is 163 g/mol. The molecule has 11 heavy (non-hydrogen) atoms. The van der Waals surface area contributed by atoms with Gasteiger partial charge in [-0.15, -0.1) is 0 Å². The highest BCUT2D eigenvalue weighted by molar-refractivity contribution is 6.32. The fourth-order valence-electron chi connectivity index (χ4n) is 0.718. The lowest BCUT2D eigenvalue weighted by molar-refractivity contribution is 0.182. The summed E-state index contributed by atoms with van der Waals surface area (Å²) in [5.74, 6) is 0. The smallest absolute Gasteiger partial charge is 0.402 e. The monoisotopic (exact) mass is 163 g/mol. The molecule has 0 aromatic carbocycles. The molecule has 0 bridgehead atoms. The highest BCUT2D eigenvalue weighted by Gasteiger charge is 2.05. The molecule has 4 nitrogen and oxygen atoms in total. The summed E-state index contributed by atoms with van der Waals surface area (Å²) in [5, 5.41) is 16.5. The van der Waals surface area contributed by atoms with Crippen molar-refractivity contribution < 1.29 is 14.7 Å². The summed E-state index contributed by atoms with van der Waals surface area (Å²) >= 11 is 0. The largest absolute Gasteiger partial charge is 0.633 e. The molecule has 5 heteroatoms. The van der Waals surface area contributed by atoms with E-state index in [0.29, 0.717) is 6.61 Å². The maximum absolute atomic E-state index is 8.24. The molecule has 0 rings (SSSR count). The predicted octanol–water partition coefficient (Wildman–Crippen LogP) is 0.715. The van der Waals surface area contributed by atoms with Crippen molar-refractivity contribution in [3.63, 3.8) is 0 Å². The lowest BCUT2D eigenvalue weighted by Gasteiger charge is -2.00. The molecule has 0 fully saturated rings. The van der Waals surface area contributed by atoms with Crippen molar-refractivity contribution in [1.29, 1.82) is 0 Å². The van der Waals surface area contributed by atoms with Crippen LogP contribution in [0.1, 0.15) is 32.6 Å². The van der Waals surface area contributed by atoms with Gasteiger partial charge in [0.2, 0.25) is 0 Å². The average Bonchev–Trinajstić information content (AvgIpc) is 1.87. The Morgan fingerprint density at radius 1 is 1.18 bits per heavy atom. The molecule has 0 aliphatic heterocycles. The van der Waals surface area contributed by atoms with Crippen LogP contribution >= 0.6 is 0 Å². The van der Waals surface area contributed by atoms with Gasteiger partial charge in [-0.05, 0) is 6.42 Å². The van der Waals surface area contributed by atoms with E-state index in [-0.39, 0.29) is 6.15 Å². The second kappa shape index (κ2) is 9.90. The lowest BCUT2D eigenvalue weighted by atomic mass is 10.2. The van der Waals surface area contributed by atoms with Gasteiger partial charge in [-0.25, -0.2) is 0 Å². The molecule has 0 saturated heterocycles. The molecular formula is C6H18BNO3. The Hall–Kier alpha value is -0.0951. The van der Waals surface area contributed by atoms with Crippen LogP contribution in [0, 0.1) is 0 Å². The van der Waals surface area contributed by atoms with Gasteiger partial charge >= 0.3 is 7.32 Å². The molecule has 68 valence electrons. The zero-order valence-corrected chi connectivity index (χ0v) is 7.12. The molecule has 0 aromatic heterocycles. The number of unbranched alkanes of at least 4 members (excludes halogenated alkanes) is 3. The van der Waals surface area contributed by atoms with Crippen molar-refractivity contribution in [2.75, 3.05) is 6.61 Å². The minimum absolute atomic E-state index is 0. The minimum Gasteiger partial charge on any atom is -0.402 e. The standard InChI is InChI=1S/C6H15BO3.H3N/c1-2-3-4-5-6-10-7(8)9;/h8-9H,2-6H2,1H3;1H3. The van der Waals surface area contributed by atoms with Crippen LogP contribution in [0.4, 0.5) is 0 Å². The van der Waals surface area contributed by atoms with Crippen molar-refractivity contribution >= 4 is 7.32 Å². The molecule has 0 heterocycles. The summed E-state index contributed by atoms with van der Waals surface area (Å²) in [6.07, 6.45) is 4.38. The van der Waals surface area contributed by atoms with E-state index in [9.17, 15) is 0 Å². The van der Waals surface area contributed by atoms with Crippen molar-refractivity contribution in [3.8, 4) is 0 Å². The Bertz CT molecular complexity index is 72.8. The normalized spacial score (nSPS) is 9.00. The van der Waals surface area contributed by atoms with E-state index in [0.717, 1.165) is 12.8 Å². The predicted molar refractivity (Wildman–Crippen MR) is 45.3 cm³/mol. The SMILES string of the molecule is CCCCCCOB(O)O.N. The topological polar surface area (TPSA) is 84.7 Å². The molecule has 0 radical (unpaired) electrons. The maximum atomic E-state index is 8.24. The van der Waals surface area contributed by atoms with Gasteiger partial charge in [0, 0.05) is 6.61 Å². The Labute approximate surface area is 68.3 Å². The Kier molecular flexibility index (Phi) is 12.1. The van der Waals surface area contributed by atoms with E-state index in [1.807, 2.05) is 0 Å². The number of rotatable bonds is 6. The van der Waals surface area contributed by atoms with E-state index in [1.165, 1.54) is 12.8 Å². The summed E-state index contributed by atoms with van der Waals surface area (Å²) in [4.78, 5) is 0. The Morgan fingerprint density at radius 2 is 1.82 bits per heavy atom. The Morgan fingerprint density at radius 3 is 2.27 bits per heavy atom. The zero-order chi connectivity index (χ0) is 7.82. The lowest BCUT2D eigenvalue weighted by Crippen LogP contribution is -2.17. The summed E-state index contributed by atoms with van der Waals surface area (Å²) in [6, 6.07) is 0. The number of hydrogen-bond donors (Lipinski definition) is 3. The van der Waals surface area contributed by atoms with E-state index in [4.69, 9.17) is 10.0 Å². The van der Waals surface area contributed by atoms with E-state index in [2.05, 4.69) is 11.6 Å². The van der Waals surface area contributed by atoms with Crippen molar-refractivity contribution in [1.82, 2.24) is 6.15 Å². The molecular weight excluding hydrogens is 145 g/mol.